The van der Waals surface area contributed by atoms with Gasteiger partial charge in [0.05, 0.1) is 23.9 Å². The molecular weight excluding hydrogens is 352 g/mol. The quantitative estimate of drug-likeness (QED) is 0.904. The predicted molar refractivity (Wildman–Crippen MR) is 94.3 cm³/mol. The average molecular weight is 369 g/mol. The fraction of sp³-hybridized carbons (Fsp3) is 0.200. The summed E-state index contributed by atoms with van der Waals surface area (Å²) >= 11 is 0. The van der Waals surface area contributed by atoms with Gasteiger partial charge in [-0.15, -0.1) is 0 Å². The Morgan fingerprint density at radius 3 is 2.22 bits per heavy atom. The molecule has 0 fully saturated rings. The highest BCUT2D eigenvalue weighted by Crippen LogP contribution is 2.36. The maximum Gasteiger partial charge on any atom is 0.322 e. The van der Waals surface area contributed by atoms with E-state index < -0.39 is 6.04 Å². The molecule has 3 amide bonds. The molecule has 2 aromatic rings. The van der Waals surface area contributed by atoms with Gasteiger partial charge in [-0.05, 0) is 35.4 Å². The molecule has 2 aliphatic rings. The molecule has 1 unspecified atom stereocenters. The normalized spacial score (nSPS) is 19.4. The molecule has 0 bridgehead atoms. The molecule has 0 aromatic heterocycles. The first-order valence-corrected chi connectivity index (χ1v) is 8.50. The first-order valence-electron chi connectivity index (χ1n) is 8.50. The number of carbonyl (C=O) groups is 2. The van der Waals surface area contributed by atoms with Crippen molar-refractivity contribution < 1.29 is 18.4 Å². The summed E-state index contributed by atoms with van der Waals surface area (Å²) in [6.45, 7) is 0.595. The Morgan fingerprint density at radius 2 is 1.59 bits per heavy atom. The number of benzene rings is 2. The van der Waals surface area contributed by atoms with E-state index in [9.17, 15) is 18.4 Å². The molecular formula is C20H17F2N3O2. The van der Waals surface area contributed by atoms with E-state index in [2.05, 4.69) is 5.32 Å². The Morgan fingerprint density at radius 1 is 1.00 bits per heavy atom. The number of hydrogen-bond acceptors (Lipinski definition) is 2. The van der Waals surface area contributed by atoms with E-state index in [0.717, 1.165) is 5.56 Å². The van der Waals surface area contributed by atoms with E-state index in [1.807, 2.05) is 0 Å². The van der Waals surface area contributed by atoms with Gasteiger partial charge in [-0.3, -0.25) is 9.69 Å². The van der Waals surface area contributed by atoms with Crippen LogP contribution in [0.1, 0.15) is 17.2 Å². The molecule has 138 valence electrons. The summed E-state index contributed by atoms with van der Waals surface area (Å²) in [6, 6.07) is 10.7. The molecule has 4 rings (SSSR count). The van der Waals surface area contributed by atoms with Crippen LogP contribution in [0.4, 0.5) is 13.6 Å². The van der Waals surface area contributed by atoms with Crippen molar-refractivity contribution in [1.82, 2.24) is 15.1 Å². The minimum atomic E-state index is -0.630. The van der Waals surface area contributed by atoms with Crippen LogP contribution in [-0.2, 0) is 11.3 Å². The molecule has 0 saturated heterocycles. The Bertz CT molecular complexity index is 939. The van der Waals surface area contributed by atoms with Crippen molar-refractivity contribution in [2.45, 2.75) is 12.6 Å². The third kappa shape index (κ3) is 3.05. The van der Waals surface area contributed by atoms with Gasteiger partial charge in [0.25, 0.3) is 5.91 Å². The highest BCUT2D eigenvalue weighted by molar-refractivity contribution is 6.01. The Balaban J connectivity index is 1.65. The lowest BCUT2D eigenvalue weighted by Crippen LogP contribution is -2.45. The maximum absolute atomic E-state index is 13.3. The summed E-state index contributed by atoms with van der Waals surface area (Å²) in [5.41, 5.74) is 2.54. The lowest BCUT2D eigenvalue weighted by molar-refractivity contribution is -0.126. The number of nitrogens with one attached hydrogen (secondary N) is 1. The molecule has 7 heteroatoms. The van der Waals surface area contributed by atoms with Crippen molar-refractivity contribution in [3.8, 4) is 0 Å². The monoisotopic (exact) mass is 369 g/mol. The van der Waals surface area contributed by atoms with Gasteiger partial charge in [0, 0.05) is 13.6 Å². The highest BCUT2D eigenvalue weighted by Gasteiger charge is 2.42. The minimum absolute atomic E-state index is 0.199. The fourth-order valence-corrected chi connectivity index (χ4v) is 3.47. The van der Waals surface area contributed by atoms with Gasteiger partial charge in [-0.1, -0.05) is 24.3 Å². The second-order valence-corrected chi connectivity index (χ2v) is 6.64. The lowest BCUT2D eigenvalue weighted by atomic mass is 9.96. The predicted octanol–water partition coefficient (Wildman–Crippen LogP) is 2.96. The zero-order chi connectivity index (χ0) is 19.1. The molecule has 1 atom stereocenters. The van der Waals surface area contributed by atoms with Crippen LogP contribution in [0.2, 0.25) is 0 Å². The zero-order valence-corrected chi connectivity index (χ0v) is 14.6. The van der Waals surface area contributed by atoms with Crippen LogP contribution < -0.4 is 5.32 Å². The van der Waals surface area contributed by atoms with Crippen molar-refractivity contribution >= 4 is 11.9 Å². The van der Waals surface area contributed by atoms with Gasteiger partial charge < -0.3 is 10.2 Å². The second kappa shape index (κ2) is 6.50. The number of carbonyl (C=O) groups excluding carboxylic acids is 2. The van der Waals surface area contributed by atoms with Gasteiger partial charge in [0.15, 0.2) is 0 Å². The van der Waals surface area contributed by atoms with Crippen molar-refractivity contribution in [3.05, 3.63) is 82.6 Å². The number of rotatable bonds is 3. The lowest BCUT2D eigenvalue weighted by Gasteiger charge is -2.31. The number of urea groups is 1. The molecule has 27 heavy (non-hydrogen) atoms. The van der Waals surface area contributed by atoms with Crippen LogP contribution in [0, 0.1) is 11.6 Å². The van der Waals surface area contributed by atoms with Gasteiger partial charge in [-0.2, -0.15) is 0 Å². The van der Waals surface area contributed by atoms with Crippen LogP contribution in [0.15, 0.2) is 59.8 Å². The van der Waals surface area contributed by atoms with Crippen LogP contribution >= 0.6 is 0 Å². The number of nitrogens with zero attached hydrogens (tertiary/aromatic N) is 2. The van der Waals surface area contributed by atoms with Gasteiger partial charge in [-0.25, -0.2) is 13.6 Å². The summed E-state index contributed by atoms with van der Waals surface area (Å²) in [6.07, 6.45) is 0. The largest absolute Gasteiger partial charge is 0.329 e. The molecule has 5 nitrogen and oxygen atoms in total. The summed E-state index contributed by atoms with van der Waals surface area (Å²) in [7, 11) is 1.61. The fourth-order valence-electron chi connectivity index (χ4n) is 3.47. The van der Waals surface area contributed by atoms with Gasteiger partial charge in [0.2, 0.25) is 0 Å². The van der Waals surface area contributed by atoms with Gasteiger partial charge >= 0.3 is 6.03 Å². The SMILES string of the molecule is CN1C(=O)NC(c2ccc(F)cc2)C2=C1CN(Cc1ccc(F)cc1)C2=O. The van der Waals surface area contributed by atoms with Crippen molar-refractivity contribution in [2.75, 3.05) is 13.6 Å². The topological polar surface area (TPSA) is 52.7 Å². The second-order valence-electron chi connectivity index (χ2n) is 6.64. The summed E-state index contributed by atoms with van der Waals surface area (Å²) < 4.78 is 26.4. The van der Waals surface area contributed by atoms with E-state index in [1.165, 1.54) is 29.2 Å². The van der Waals surface area contributed by atoms with Crippen LogP contribution in [-0.4, -0.2) is 35.3 Å². The highest BCUT2D eigenvalue weighted by atomic mass is 19.1. The molecule has 1 N–H and O–H groups in total. The maximum atomic E-state index is 13.3. The van der Waals surface area contributed by atoms with E-state index in [-0.39, 0.29) is 30.1 Å². The van der Waals surface area contributed by atoms with E-state index >= 15 is 0 Å². The molecule has 2 aliphatic heterocycles. The molecule has 2 heterocycles. The van der Waals surface area contributed by atoms with Crippen LogP contribution in [0.3, 0.4) is 0 Å². The number of likely N-dealkylation sites (N-methyl/N-ethyl adjacent to an activating group) is 1. The standard InChI is InChI=1S/C20H17F2N3O2/c1-24-16-11-25(10-12-2-6-14(21)7-3-12)19(26)17(16)18(23-20(24)27)13-4-8-15(22)9-5-13/h2-9,18H,10-11H2,1H3,(H,23,27). The van der Waals surface area contributed by atoms with Crippen molar-refractivity contribution in [1.29, 1.82) is 0 Å². The Kier molecular flexibility index (Phi) is 4.14. The smallest absolute Gasteiger partial charge is 0.322 e. The molecule has 0 spiro atoms. The number of halogens is 2. The minimum Gasteiger partial charge on any atom is -0.329 e. The first-order chi connectivity index (χ1) is 12.9. The number of amides is 3. The van der Waals surface area contributed by atoms with Crippen LogP contribution in [0.25, 0.3) is 0 Å². The van der Waals surface area contributed by atoms with Gasteiger partial charge in [0.1, 0.15) is 11.6 Å². The van der Waals surface area contributed by atoms with E-state index in [1.54, 1.807) is 36.2 Å². The molecule has 2 aromatic carbocycles. The first kappa shape index (κ1) is 17.2. The van der Waals surface area contributed by atoms with E-state index in [0.29, 0.717) is 23.4 Å². The third-order valence-electron chi connectivity index (χ3n) is 4.93. The average Bonchev–Trinajstić information content (AvgIpc) is 2.98. The van der Waals surface area contributed by atoms with Crippen molar-refractivity contribution in [2.24, 2.45) is 0 Å². The Hall–Kier alpha value is -3.22. The van der Waals surface area contributed by atoms with E-state index in [4.69, 9.17) is 0 Å². The van der Waals surface area contributed by atoms with Crippen molar-refractivity contribution in [3.63, 3.8) is 0 Å². The molecule has 0 aliphatic carbocycles. The molecule has 0 saturated carbocycles. The van der Waals surface area contributed by atoms with Crippen LogP contribution in [0.5, 0.6) is 0 Å². The third-order valence-corrected chi connectivity index (χ3v) is 4.93. The zero-order valence-electron chi connectivity index (χ0n) is 14.6. The summed E-state index contributed by atoms with van der Waals surface area (Å²) in [5, 5.41) is 2.81. The Labute approximate surface area is 154 Å². The molecule has 0 radical (unpaired) electrons. The summed E-state index contributed by atoms with van der Waals surface area (Å²) in [5.74, 6) is -0.923. The number of hydrogen-bond donors (Lipinski definition) is 1. The summed E-state index contributed by atoms with van der Waals surface area (Å²) in [4.78, 5) is 28.4.